The lowest BCUT2D eigenvalue weighted by Crippen LogP contribution is -2.39. The van der Waals surface area contributed by atoms with Gasteiger partial charge in [0.05, 0.1) is 0 Å². The Hall–Kier alpha value is -1.85. The van der Waals surface area contributed by atoms with E-state index in [1.54, 1.807) is 5.57 Å². The molecule has 25 heavy (non-hydrogen) atoms. The van der Waals surface area contributed by atoms with Gasteiger partial charge in [0.15, 0.2) is 5.96 Å². The van der Waals surface area contributed by atoms with Gasteiger partial charge < -0.3 is 15.2 Å². The van der Waals surface area contributed by atoms with Gasteiger partial charge >= 0.3 is 0 Å². The van der Waals surface area contributed by atoms with E-state index >= 15 is 0 Å². The van der Waals surface area contributed by atoms with Crippen LogP contribution in [0.25, 0.3) is 0 Å². The largest absolute Gasteiger partial charge is 0.356 e. The number of aliphatic imine (C=N–C) groups is 1. The topological polar surface area (TPSA) is 67.1 Å². The molecule has 0 fully saturated rings. The number of nitrogens with zero attached hydrogens (tertiary/aromatic N) is 4. The van der Waals surface area contributed by atoms with E-state index in [0.29, 0.717) is 0 Å². The van der Waals surface area contributed by atoms with Gasteiger partial charge in [0.25, 0.3) is 0 Å². The number of guanidine groups is 1. The summed E-state index contributed by atoms with van der Waals surface area (Å²) in [5.74, 6) is 3.15. The van der Waals surface area contributed by atoms with E-state index < -0.39 is 0 Å². The van der Waals surface area contributed by atoms with E-state index in [2.05, 4.69) is 36.5 Å². The number of fused-ring (bicyclic) bond motifs is 1. The van der Waals surface area contributed by atoms with E-state index in [1.807, 2.05) is 7.05 Å². The zero-order valence-corrected chi connectivity index (χ0v) is 15.6. The summed E-state index contributed by atoms with van der Waals surface area (Å²) in [5.41, 5.74) is 1.60. The minimum atomic E-state index is 0.834. The van der Waals surface area contributed by atoms with Gasteiger partial charge in [0.1, 0.15) is 11.6 Å². The van der Waals surface area contributed by atoms with Gasteiger partial charge in [0.2, 0.25) is 0 Å². The first kappa shape index (κ1) is 18.0. The van der Waals surface area contributed by atoms with Crippen molar-refractivity contribution < 1.29 is 0 Å². The van der Waals surface area contributed by atoms with Crippen molar-refractivity contribution in [1.82, 2.24) is 25.4 Å². The van der Waals surface area contributed by atoms with E-state index in [4.69, 9.17) is 0 Å². The number of nitrogens with one attached hydrogen (secondary N) is 2. The number of hydrogen-bond acceptors (Lipinski definition) is 3. The van der Waals surface area contributed by atoms with Gasteiger partial charge in [-0.15, -0.1) is 10.2 Å². The minimum absolute atomic E-state index is 0.834. The molecule has 6 heteroatoms. The fourth-order valence-electron chi connectivity index (χ4n) is 3.72. The third-order valence-electron chi connectivity index (χ3n) is 5.17. The number of aryl methyl sites for hydroxylation is 1. The quantitative estimate of drug-likeness (QED) is 0.473. The second kappa shape index (κ2) is 9.59. The third kappa shape index (κ3) is 5.31. The summed E-state index contributed by atoms with van der Waals surface area (Å²) in [6.07, 6.45) is 14.5. The van der Waals surface area contributed by atoms with Crippen molar-refractivity contribution >= 4 is 5.96 Å². The zero-order chi connectivity index (χ0) is 17.3. The molecule has 2 heterocycles. The highest BCUT2D eigenvalue weighted by Crippen LogP contribution is 2.19. The van der Waals surface area contributed by atoms with E-state index in [0.717, 1.165) is 56.5 Å². The SMILES string of the molecule is CN=C(NCCC1=CCCCC1)NCCc1nnc2n1CCCCC2. The fourth-order valence-corrected chi connectivity index (χ4v) is 3.72. The Kier molecular flexibility index (Phi) is 6.89. The summed E-state index contributed by atoms with van der Waals surface area (Å²) < 4.78 is 2.32. The molecule has 2 N–H and O–H groups in total. The molecule has 3 rings (SSSR count). The molecule has 0 spiro atoms. The number of rotatable bonds is 6. The second-order valence-corrected chi connectivity index (χ2v) is 7.03. The van der Waals surface area contributed by atoms with Crippen LogP contribution in [0.4, 0.5) is 0 Å². The summed E-state index contributed by atoms with van der Waals surface area (Å²) in [6, 6.07) is 0. The summed E-state index contributed by atoms with van der Waals surface area (Å²) in [4.78, 5) is 4.32. The van der Waals surface area contributed by atoms with Crippen LogP contribution in [0, 0.1) is 0 Å². The van der Waals surface area contributed by atoms with Crippen LogP contribution in [0.15, 0.2) is 16.6 Å². The minimum Gasteiger partial charge on any atom is -0.356 e. The highest BCUT2D eigenvalue weighted by atomic mass is 15.3. The van der Waals surface area contributed by atoms with E-state index in [-0.39, 0.29) is 0 Å². The van der Waals surface area contributed by atoms with Crippen LogP contribution in [0.5, 0.6) is 0 Å². The average molecular weight is 345 g/mol. The Morgan fingerprint density at radius 3 is 2.68 bits per heavy atom. The third-order valence-corrected chi connectivity index (χ3v) is 5.17. The molecule has 0 amide bonds. The molecule has 0 bridgehead atoms. The maximum absolute atomic E-state index is 4.39. The molecular formula is C19H32N6. The maximum Gasteiger partial charge on any atom is 0.191 e. The predicted octanol–water partition coefficient (Wildman–Crippen LogP) is 2.60. The molecule has 0 atom stereocenters. The molecule has 0 saturated heterocycles. The Bertz CT molecular complexity index is 601. The predicted molar refractivity (Wildman–Crippen MR) is 102 cm³/mol. The summed E-state index contributed by atoms with van der Waals surface area (Å²) in [7, 11) is 1.83. The molecule has 138 valence electrons. The zero-order valence-electron chi connectivity index (χ0n) is 15.6. The number of hydrogen-bond donors (Lipinski definition) is 2. The molecule has 2 aliphatic rings. The van der Waals surface area contributed by atoms with E-state index in [9.17, 15) is 0 Å². The van der Waals surface area contributed by atoms with Crippen LogP contribution in [0.1, 0.15) is 63.0 Å². The van der Waals surface area contributed by atoms with Gasteiger partial charge in [-0.3, -0.25) is 4.99 Å². The monoisotopic (exact) mass is 344 g/mol. The van der Waals surface area contributed by atoms with Crippen LogP contribution in [-0.2, 0) is 19.4 Å². The van der Waals surface area contributed by atoms with Gasteiger partial charge in [-0.1, -0.05) is 18.1 Å². The normalized spacial score (nSPS) is 18.3. The molecule has 1 aromatic heterocycles. The number of allylic oxidation sites excluding steroid dienone is 1. The Labute approximate surface area is 151 Å². The summed E-state index contributed by atoms with van der Waals surface area (Å²) >= 11 is 0. The average Bonchev–Trinajstić information content (AvgIpc) is 2.88. The van der Waals surface area contributed by atoms with Crippen LogP contribution in [0.2, 0.25) is 0 Å². The molecule has 1 aromatic rings. The molecule has 0 unspecified atom stereocenters. The first-order valence-corrected chi connectivity index (χ1v) is 9.90. The number of aromatic nitrogens is 3. The lowest BCUT2D eigenvalue weighted by molar-refractivity contribution is 0.600. The van der Waals surface area contributed by atoms with Crippen LogP contribution >= 0.6 is 0 Å². The first-order valence-electron chi connectivity index (χ1n) is 9.90. The highest BCUT2D eigenvalue weighted by molar-refractivity contribution is 5.79. The molecular weight excluding hydrogens is 312 g/mol. The highest BCUT2D eigenvalue weighted by Gasteiger charge is 2.14. The molecule has 0 saturated carbocycles. The van der Waals surface area contributed by atoms with Crippen LogP contribution < -0.4 is 10.6 Å². The molecule has 1 aliphatic carbocycles. The Balaban J connectivity index is 1.40. The van der Waals surface area contributed by atoms with Crippen molar-refractivity contribution in [1.29, 1.82) is 0 Å². The summed E-state index contributed by atoms with van der Waals surface area (Å²) in [5, 5.41) is 15.6. The van der Waals surface area contributed by atoms with Crippen molar-refractivity contribution in [2.75, 3.05) is 20.1 Å². The second-order valence-electron chi connectivity index (χ2n) is 7.03. The van der Waals surface area contributed by atoms with Crippen LogP contribution in [0.3, 0.4) is 0 Å². The van der Waals surface area contributed by atoms with Gasteiger partial charge in [-0.05, 0) is 44.9 Å². The molecule has 6 nitrogen and oxygen atoms in total. The van der Waals surface area contributed by atoms with Crippen molar-refractivity contribution in [3.05, 3.63) is 23.3 Å². The van der Waals surface area contributed by atoms with Crippen molar-refractivity contribution in [3.8, 4) is 0 Å². The lowest BCUT2D eigenvalue weighted by Gasteiger charge is -2.15. The smallest absolute Gasteiger partial charge is 0.191 e. The molecule has 0 radical (unpaired) electrons. The Morgan fingerprint density at radius 1 is 1.04 bits per heavy atom. The van der Waals surface area contributed by atoms with Gasteiger partial charge in [-0.2, -0.15) is 0 Å². The fraction of sp³-hybridized carbons (Fsp3) is 0.737. The maximum atomic E-state index is 4.39. The van der Waals surface area contributed by atoms with Gasteiger partial charge in [0, 0.05) is 39.5 Å². The standard InChI is InChI=1S/C19H32N6/c1-20-19(21-13-11-16-8-4-2-5-9-16)22-14-12-18-24-23-17-10-6-3-7-15-25(17)18/h8H,2-7,9-15H2,1H3,(H2,20,21,22). The van der Waals surface area contributed by atoms with Crippen molar-refractivity contribution in [3.63, 3.8) is 0 Å². The van der Waals surface area contributed by atoms with Crippen LogP contribution in [-0.4, -0.2) is 40.9 Å². The molecule has 1 aliphatic heterocycles. The first-order chi connectivity index (χ1) is 12.4. The Morgan fingerprint density at radius 2 is 1.88 bits per heavy atom. The molecule has 0 aromatic carbocycles. The lowest BCUT2D eigenvalue weighted by atomic mass is 9.97. The van der Waals surface area contributed by atoms with Gasteiger partial charge in [-0.25, -0.2) is 0 Å². The van der Waals surface area contributed by atoms with E-state index in [1.165, 1.54) is 44.9 Å². The van der Waals surface area contributed by atoms with Crippen molar-refractivity contribution in [2.45, 2.75) is 70.8 Å². The van der Waals surface area contributed by atoms with Crippen molar-refractivity contribution in [2.24, 2.45) is 4.99 Å². The summed E-state index contributed by atoms with van der Waals surface area (Å²) in [6.45, 7) is 2.85.